The highest BCUT2D eigenvalue weighted by molar-refractivity contribution is 6.23. The number of hydrogen-bond donors (Lipinski definition) is 0. The van der Waals surface area contributed by atoms with Crippen LogP contribution in [0.25, 0.3) is 76.9 Å². The summed E-state index contributed by atoms with van der Waals surface area (Å²) in [5, 5.41) is 6.97. The van der Waals surface area contributed by atoms with E-state index in [4.69, 9.17) is 14.4 Å². The molecule has 0 aliphatic rings. The molecule has 40 heavy (non-hydrogen) atoms. The Morgan fingerprint density at radius 1 is 0.525 bits per heavy atom. The van der Waals surface area contributed by atoms with Crippen LogP contribution in [-0.2, 0) is 0 Å². The SMILES string of the molecule is CC(C)c1ccc2oc3ccc(-c4cccc(-c5cnc6c7ccccc7c7ccccc7c6n5)c4)cc3c2c1. The lowest BCUT2D eigenvalue weighted by molar-refractivity contribution is 0.668. The molecule has 8 rings (SSSR count). The number of nitrogens with zero attached hydrogens (tertiary/aromatic N) is 2. The number of fused-ring (bicyclic) bond motifs is 9. The molecule has 8 aromatic rings. The maximum absolute atomic E-state index is 6.16. The maximum Gasteiger partial charge on any atom is 0.135 e. The fourth-order valence-electron chi connectivity index (χ4n) is 5.95. The first kappa shape index (κ1) is 22.9. The van der Waals surface area contributed by atoms with Crippen molar-refractivity contribution in [3.63, 3.8) is 0 Å². The van der Waals surface area contributed by atoms with Crippen molar-refractivity contribution in [2.24, 2.45) is 0 Å². The van der Waals surface area contributed by atoms with Crippen molar-refractivity contribution in [2.75, 3.05) is 0 Å². The number of benzene rings is 6. The van der Waals surface area contributed by atoms with E-state index < -0.39 is 0 Å². The summed E-state index contributed by atoms with van der Waals surface area (Å²) in [5.74, 6) is 0.465. The lowest BCUT2D eigenvalue weighted by Gasteiger charge is -2.11. The number of rotatable bonds is 3. The van der Waals surface area contributed by atoms with Crippen LogP contribution in [0.15, 0.2) is 120 Å². The fourth-order valence-corrected chi connectivity index (χ4v) is 5.95. The van der Waals surface area contributed by atoms with E-state index in [1.807, 2.05) is 6.20 Å². The van der Waals surface area contributed by atoms with E-state index in [0.717, 1.165) is 60.7 Å². The number of furan rings is 1. The van der Waals surface area contributed by atoms with E-state index in [2.05, 4.69) is 123 Å². The molecule has 6 aromatic carbocycles. The average Bonchev–Trinajstić information content (AvgIpc) is 3.38. The third-order valence-electron chi connectivity index (χ3n) is 8.08. The highest BCUT2D eigenvalue weighted by Gasteiger charge is 2.14. The van der Waals surface area contributed by atoms with E-state index in [1.54, 1.807) is 0 Å². The first-order valence-electron chi connectivity index (χ1n) is 13.8. The van der Waals surface area contributed by atoms with Gasteiger partial charge in [0.2, 0.25) is 0 Å². The fraction of sp³-hybridized carbons (Fsp3) is 0.0811. The Labute approximate surface area is 231 Å². The largest absolute Gasteiger partial charge is 0.456 e. The first-order chi connectivity index (χ1) is 19.6. The highest BCUT2D eigenvalue weighted by atomic mass is 16.3. The van der Waals surface area contributed by atoms with Crippen molar-refractivity contribution in [2.45, 2.75) is 19.8 Å². The molecule has 0 spiro atoms. The van der Waals surface area contributed by atoms with Crippen LogP contribution in [0.2, 0.25) is 0 Å². The van der Waals surface area contributed by atoms with Gasteiger partial charge in [-0.15, -0.1) is 0 Å². The zero-order chi connectivity index (χ0) is 26.8. The molecular weight excluding hydrogens is 488 g/mol. The van der Waals surface area contributed by atoms with Crippen LogP contribution in [0, 0.1) is 0 Å². The van der Waals surface area contributed by atoms with Crippen molar-refractivity contribution in [3.8, 4) is 22.4 Å². The Morgan fingerprint density at radius 3 is 1.90 bits per heavy atom. The summed E-state index contributed by atoms with van der Waals surface area (Å²) in [5.41, 5.74) is 9.23. The summed E-state index contributed by atoms with van der Waals surface area (Å²) in [7, 11) is 0. The minimum absolute atomic E-state index is 0.465. The lowest BCUT2D eigenvalue weighted by Crippen LogP contribution is -1.92. The second-order valence-corrected chi connectivity index (χ2v) is 10.8. The van der Waals surface area contributed by atoms with Gasteiger partial charge in [0.1, 0.15) is 11.2 Å². The van der Waals surface area contributed by atoms with Gasteiger partial charge in [-0.25, -0.2) is 4.98 Å². The van der Waals surface area contributed by atoms with Crippen LogP contribution < -0.4 is 0 Å². The van der Waals surface area contributed by atoms with Crippen molar-refractivity contribution in [1.29, 1.82) is 0 Å². The summed E-state index contributed by atoms with van der Waals surface area (Å²) >= 11 is 0. The summed E-state index contributed by atoms with van der Waals surface area (Å²) in [6.45, 7) is 4.45. The van der Waals surface area contributed by atoms with Gasteiger partial charge in [0.25, 0.3) is 0 Å². The number of aromatic nitrogens is 2. The zero-order valence-electron chi connectivity index (χ0n) is 22.3. The Morgan fingerprint density at radius 2 is 1.15 bits per heavy atom. The molecule has 0 N–H and O–H groups in total. The molecule has 0 amide bonds. The zero-order valence-corrected chi connectivity index (χ0v) is 22.3. The van der Waals surface area contributed by atoms with Crippen LogP contribution in [-0.4, -0.2) is 9.97 Å². The average molecular weight is 515 g/mol. The molecule has 0 fully saturated rings. The van der Waals surface area contributed by atoms with E-state index in [9.17, 15) is 0 Å². The molecule has 0 radical (unpaired) electrons. The van der Waals surface area contributed by atoms with Crippen LogP contribution in [0.1, 0.15) is 25.3 Å². The van der Waals surface area contributed by atoms with Crippen molar-refractivity contribution in [3.05, 3.63) is 121 Å². The smallest absolute Gasteiger partial charge is 0.135 e. The summed E-state index contributed by atoms with van der Waals surface area (Å²) in [6.07, 6.45) is 1.91. The molecule has 190 valence electrons. The molecular formula is C37H26N2O. The van der Waals surface area contributed by atoms with E-state index in [1.165, 1.54) is 21.7 Å². The van der Waals surface area contributed by atoms with Gasteiger partial charge in [0.15, 0.2) is 0 Å². The van der Waals surface area contributed by atoms with Gasteiger partial charge in [-0.05, 0) is 63.7 Å². The molecule has 0 atom stereocenters. The van der Waals surface area contributed by atoms with Crippen LogP contribution >= 0.6 is 0 Å². The molecule has 3 heteroatoms. The molecule has 2 aromatic heterocycles. The predicted octanol–water partition coefficient (Wildman–Crippen LogP) is 10.3. The Hall–Kier alpha value is -5.02. The second kappa shape index (κ2) is 8.75. The van der Waals surface area contributed by atoms with Crippen molar-refractivity contribution < 1.29 is 4.42 Å². The van der Waals surface area contributed by atoms with Gasteiger partial charge in [0, 0.05) is 27.1 Å². The van der Waals surface area contributed by atoms with E-state index in [-0.39, 0.29) is 0 Å². The summed E-state index contributed by atoms with van der Waals surface area (Å²) < 4.78 is 6.16. The summed E-state index contributed by atoms with van der Waals surface area (Å²) in [6, 6.07) is 38.5. The third kappa shape index (κ3) is 3.51. The van der Waals surface area contributed by atoms with E-state index in [0.29, 0.717) is 5.92 Å². The van der Waals surface area contributed by atoms with Gasteiger partial charge in [-0.2, -0.15) is 0 Å². The summed E-state index contributed by atoms with van der Waals surface area (Å²) in [4.78, 5) is 10.1. The Kier molecular flexibility index (Phi) is 5.02. The molecule has 0 bridgehead atoms. The van der Waals surface area contributed by atoms with Gasteiger partial charge in [-0.1, -0.05) is 92.7 Å². The standard InChI is InChI=1S/C37H26N2O/c1-22(2)23-14-16-34-31(19-23)32-20-25(15-17-35(32)40-34)24-8-7-9-26(18-24)33-21-38-36-29-12-5-3-10-27(29)28-11-4-6-13-30(28)37(36)39-33/h3-22H,1-2H3. The van der Waals surface area contributed by atoms with Crippen LogP contribution in [0.4, 0.5) is 0 Å². The van der Waals surface area contributed by atoms with Gasteiger partial charge in [-0.3, -0.25) is 4.98 Å². The van der Waals surface area contributed by atoms with Gasteiger partial charge < -0.3 is 4.42 Å². The van der Waals surface area contributed by atoms with Gasteiger partial charge in [0.05, 0.1) is 22.9 Å². The van der Waals surface area contributed by atoms with E-state index >= 15 is 0 Å². The minimum Gasteiger partial charge on any atom is -0.456 e. The molecule has 2 heterocycles. The molecule has 3 nitrogen and oxygen atoms in total. The predicted molar refractivity (Wildman–Crippen MR) is 167 cm³/mol. The maximum atomic E-state index is 6.16. The Bertz CT molecular complexity index is 2220. The monoisotopic (exact) mass is 514 g/mol. The normalized spacial score (nSPS) is 12.0. The first-order valence-corrected chi connectivity index (χ1v) is 13.8. The number of hydrogen-bond acceptors (Lipinski definition) is 3. The minimum atomic E-state index is 0.465. The Balaban J connectivity index is 1.28. The lowest BCUT2D eigenvalue weighted by atomic mass is 9.97. The third-order valence-corrected chi connectivity index (χ3v) is 8.08. The van der Waals surface area contributed by atoms with Gasteiger partial charge >= 0.3 is 0 Å². The van der Waals surface area contributed by atoms with Crippen LogP contribution in [0.3, 0.4) is 0 Å². The molecule has 0 saturated carbocycles. The highest BCUT2D eigenvalue weighted by Crippen LogP contribution is 2.36. The molecule has 0 aliphatic carbocycles. The van der Waals surface area contributed by atoms with Crippen molar-refractivity contribution >= 4 is 54.5 Å². The second-order valence-electron chi connectivity index (χ2n) is 10.8. The topological polar surface area (TPSA) is 38.9 Å². The molecule has 0 saturated heterocycles. The molecule has 0 aliphatic heterocycles. The molecule has 0 unspecified atom stereocenters. The van der Waals surface area contributed by atoms with Crippen LogP contribution in [0.5, 0.6) is 0 Å². The quantitative estimate of drug-likeness (QED) is 0.220. The van der Waals surface area contributed by atoms with Crippen molar-refractivity contribution in [1.82, 2.24) is 9.97 Å².